The topological polar surface area (TPSA) is 122 Å². The summed E-state index contributed by atoms with van der Waals surface area (Å²) in [5.74, 6) is -0.146. The number of hydrogen-bond acceptors (Lipinski definition) is 5. The Morgan fingerprint density at radius 2 is 1.97 bits per heavy atom. The number of H-pyrrole nitrogens is 2. The van der Waals surface area contributed by atoms with Gasteiger partial charge in [0.1, 0.15) is 17.9 Å². The number of aromatic nitrogens is 4. The van der Waals surface area contributed by atoms with E-state index >= 15 is 0 Å². The number of amides is 1. The molecule has 0 saturated carbocycles. The molecule has 0 saturated heterocycles. The maximum absolute atomic E-state index is 13.8. The fourth-order valence-corrected chi connectivity index (χ4v) is 3.01. The molecule has 10 heteroatoms. The minimum atomic E-state index is -0.559. The van der Waals surface area contributed by atoms with Crippen LogP contribution in [0.2, 0.25) is 0 Å². The maximum Gasteiger partial charge on any atom is 0.329 e. The molecule has 0 spiro atoms. The summed E-state index contributed by atoms with van der Waals surface area (Å²) < 4.78 is 20.6. The molecule has 0 bridgehead atoms. The fourth-order valence-electron chi connectivity index (χ4n) is 3.01. The standard InChI is InChI=1S/C21H26FN5O4/c1-21(2,3)14(11-31-13-8-6-5-7-12(13)22)23-16(28)10-9-15-24-17-18(25-15)27(4)20(30)26-19(17)29/h5-8,14H,9-11H2,1-4H3,(H,23,28)(H,24,25)(H,26,29,30). The van der Waals surface area contributed by atoms with Gasteiger partial charge in [-0.15, -0.1) is 0 Å². The zero-order chi connectivity index (χ0) is 22.8. The number of fused-ring (bicyclic) bond motifs is 1. The van der Waals surface area contributed by atoms with E-state index in [0.717, 1.165) is 0 Å². The highest BCUT2D eigenvalue weighted by molar-refractivity contribution is 5.77. The van der Waals surface area contributed by atoms with Gasteiger partial charge in [0.25, 0.3) is 5.56 Å². The molecule has 3 aromatic rings. The third-order valence-electron chi connectivity index (χ3n) is 5.02. The molecular weight excluding hydrogens is 405 g/mol. The Bertz CT molecular complexity index is 1200. The first-order valence-electron chi connectivity index (χ1n) is 9.91. The van der Waals surface area contributed by atoms with Crippen molar-refractivity contribution in [3.8, 4) is 5.75 Å². The van der Waals surface area contributed by atoms with E-state index in [9.17, 15) is 18.8 Å². The van der Waals surface area contributed by atoms with Crippen molar-refractivity contribution in [2.75, 3.05) is 6.61 Å². The normalized spacial score (nSPS) is 12.7. The predicted molar refractivity (Wildman–Crippen MR) is 114 cm³/mol. The van der Waals surface area contributed by atoms with Crippen molar-refractivity contribution in [1.82, 2.24) is 24.8 Å². The van der Waals surface area contributed by atoms with E-state index in [0.29, 0.717) is 5.82 Å². The number of aromatic amines is 2. The number of hydrogen-bond donors (Lipinski definition) is 3. The first-order chi connectivity index (χ1) is 14.6. The number of benzene rings is 1. The summed E-state index contributed by atoms with van der Waals surface area (Å²) in [7, 11) is 1.50. The van der Waals surface area contributed by atoms with E-state index < -0.39 is 17.1 Å². The van der Waals surface area contributed by atoms with E-state index in [1.165, 1.54) is 23.7 Å². The van der Waals surface area contributed by atoms with Gasteiger partial charge in [0.15, 0.2) is 17.2 Å². The molecule has 0 aliphatic heterocycles. The lowest BCUT2D eigenvalue weighted by atomic mass is 9.87. The Morgan fingerprint density at radius 1 is 1.26 bits per heavy atom. The lowest BCUT2D eigenvalue weighted by molar-refractivity contribution is -0.122. The molecule has 2 heterocycles. The number of imidazole rings is 1. The molecule has 2 aromatic heterocycles. The summed E-state index contributed by atoms with van der Waals surface area (Å²) in [5, 5.41) is 2.93. The SMILES string of the molecule is Cn1c(=O)[nH]c(=O)c2[nH]c(CCC(=O)NC(COc3ccccc3F)C(C)(C)C)nc21. The van der Waals surface area contributed by atoms with Crippen LogP contribution < -0.4 is 21.3 Å². The Morgan fingerprint density at radius 3 is 2.65 bits per heavy atom. The number of para-hydroxylation sites is 1. The monoisotopic (exact) mass is 431 g/mol. The predicted octanol–water partition coefficient (Wildman–Crippen LogP) is 1.63. The van der Waals surface area contributed by atoms with Gasteiger partial charge in [0.05, 0.1) is 6.04 Å². The summed E-state index contributed by atoms with van der Waals surface area (Å²) in [5.41, 5.74) is -1.03. The molecule has 1 atom stereocenters. The van der Waals surface area contributed by atoms with Crippen LogP contribution in [0.3, 0.4) is 0 Å². The second kappa shape index (κ2) is 8.75. The number of rotatable bonds is 7. The second-order valence-electron chi connectivity index (χ2n) is 8.43. The molecule has 3 rings (SSSR count). The average molecular weight is 431 g/mol. The van der Waals surface area contributed by atoms with Crippen molar-refractivity contribution in [3.63, 3.8) is 0 Å². The zero-order valence-corrected chi connectivity index (χ0v) is 17.9. The van der Waals surface area contributed by atoms with Crippen molar-refractivity contribution in [2.45, 2.75) is 39.7 Å². The first-order valence-corrected chi connectivity index (χ1v) is 9.91. The number of ether oxygens (including phenoxy) is 1. The minimum Gasteiger partial charge on any atom is -0.488 e. The van der Waals surface area contributed by atoms with Crippen molar-refractivity contribution in [1.29, 1.82) is 0 Å². The summed E-state index contributed by atoms with van der Waals surface area (Å²) >= 11 is 0. The molecule has 3 N–H and O–H groups in total. The van der Waals surface area contributed by atoms with Crippen molar-refractivity contribution >= 4 is 17.1 Å². The molecule has 9 nitrogen and oxygen atoms in total. The largest absolute Gasteiger partial charge is 0.488 e. The Balaban J connectivity index is 1.65. The number of nitrogens with one attached hydrogen (secondary N) is 3. The molecule has 1 aromatic carbocycles. The molecule has 0 radical (unpaired) electrons. The quantitative estimate of drug-likeness (QED) is 0.525. The van der Waals surface area contributed by atoms with Gasteiger partial charge in [-0.2, -0.15) is 0 Å². The molecule has 0 fully saturated rings. The molecule has 1 amide bonds. The summed E-state index contributed by atoms with van der Waals surface area (Å²) in [6.07, 6.45) is 0.358. The van der Waals surface area contributed by atoms with Crippen LogP contribution in [0.4, 0.5) is 4.39 Å². The molecule has 31 heavy (non-hydrogen) atoms. The lowest BCUT2D eigenvalue weighted by Crippen LogP contribution is -2.47. The zero-order valence-electron chi connectivity index (χ0n) is 17.9. The lowest BCUT2D eigenvalue weighted by Gasteiger charge is -2.31. The van der Waals surface area contributed by atoms with E-state index in [1.807, 2.05) is 20.8 Å². The number of halogens is 1. The Hall–Kier alpha value is -3.43. The highest BCUT2D eigenvalue weighted by atomic mass is 19.1. The highest BCUT2D eigenvalue weighted by Crippen LogP contribution is 2.22. The smallest absolute Gasteiger partial charge is 0.329 e. The second-order valence-corrected chi connectivity index (χ2v) is 8.43. The van der Waals surface area contributed by atoms with Crippen LogP contribution in [0.1, 0.15) is 33.0 Å². The van der Waals surface area contributed by atoms with Crippen molar-refractivity contribution in [2.24, 2.45) is 12.5 Å². The van der Waals surface area contributed by atoms with Gasteiger partial charge < -0.3 is 15.0 Å². The van der Waals surface area contributed by atoms with Crippen molar-refractivity contribution < 1.29 is 13.9 Å². The summed E-state index contributed by atoms with van der Waals surface area (Å²) in [6, 6.07) is 5.74. The third-order valence-corrected chi connectivity index (χ3v) is 5.02. The Labute approximate surface area is 177 Å². The molecular formula is C21H26FN5O4. The average Bonchev–Trinajstić information content (AvgIpc) is 3.13. The van der Waals surface area contributed by atoms with Gasteiger partial charge in [0, 0.05) is 19.9 Å². The van der Waals surface area contributed by atoms with Crippen molar-refractivity contribution in [3.05, 3.63) is 56.7 Å². The van der Waals surface area contributed by atoms with Crippen LogP contribution in [-0.4, -0.2) is 38.1 Å². The van der Waals surface area contributed by atoms with Crippen LogP contribution in [0.5, 0.6) is 5.75 Å². The van der Waals surface area contributed by atoms with Crippen LogP contribution in [0.15, 0.2) is 33.9 Å². The maximum atomic E-state index is 13.8. The fraction of sp³-hybridized carbons (Fsp3) is 0.429. The summed E-state index contributed by atoms with van der Waals surface area (Å²) in [4.78, 5) is 45.5. The first kappa shape index (κ1) is 22.3. The molecule has 1 unspecified atom stereocenters. The molecule has 0 aliphatic rings. The van der Waals surface area contributed by atoms with Crippen LogP contribution in [-0.2, 0) is 18.3 Å². The van der Waals surface area contributed by atoms with Crippen LogP contribution in [0.25, 0.3) is 11.2 Å². The van der Waals surface area contributed by atoms with E-state index in [2.05, 4.69) is 20.3 Å². The van der Waals surface area contributed by atoms with E-state index in [1.54, 1.807) is 12.1 Å². The number of carbonyl (C=O) groups excluding carboxylic acids is 1. The number of aryl methyl sites for hydroxylation is 2. The van der Waals surface area contributed by atoms with Gasteiger partial charge in [0.2, 0.25) is 5.91 Å². The third kappa shape index (κ3) is 5.19. The van der Waals surface area contributed by atoms with Gasteiger partial charge in [-0.3, -0.25) is 19.1 Å². The van der Waals surface area contributed by atoms with Gasteiger partial charge in [-0.05, 0) is 17.5 Å². The number of nitrogens with zero attached hydrogens (tertiary/aromatic N) is 2. The van der Waals surface area contributed by atoms with Crippen LogP contribution >= 0.6 is 0 Å². The highest BCUT2D eigenvalue weighted by Gasteiger charge is 2.27. The van der Waals surface area contributed by atoms with E-state index in [4.69, 9.17) is 4.74 Å². The van der Waals surface area contributed by atoms with Gasteiger partial charge in [-0.1, -0.05) is 32.9 Å². The van der Waals surface area contributed by atoms with E-state index in [-0.39, 0.29) is 53.7 Å². The Kier molecular flexibility index (Phi) is 6.28. The van der Waals surface area contributed by atoms with Crippen LogP contribution in [0, 0.1) is 11.2 Å². The van der Waals surface area contributed by atoms with Gasteiger partial charge >= 0.3 is 5.69 Å². The number of carbonyl (C=O) groups is 1. The molecule has 166 valence electrons. The molecule has 0 aliphatic carbocycles. The van der Waals surface area contributed by atoms with Gasteiger partial charge in [-0.25, -0.2) is 14.2 Å². The summed E-state index contributed by atoms with van der Waals surface area (Å²) in [6.45, 7) is 5.97. The minimum absolute atomic E-state index is 0.109.